The van der Waals surface area contributed by atoms with Gasteiger partial charge in [0.05, 0.1) is 11.8 Å². The van der Waals surface area contributed by atoms with E-state index in [-0.39, 0.29) is 11.8 Å². The second kappa shape index (κ2) is 7.23. The smallest absolute Gasteiger partial charge is 0.352 e. The highest BCUT2D eigenvalue weighted by Gasteiger charge is 2.31. The summed E-state index contributed by atoms with van der Waals surface area (Å²) in [7, 11) is 0. The first kappa shape index (κ1) is 18.0. The lowest BCUT2D eigenvalue weighted by molar-refractivity contribution is -0.137. The molecule has 0 bridgehead atoms. The van der Waals surface area contributed by atoms with Gasteiger partial charge in [0.25, 0.3) is 0 Å². The minimum Gasteiger partial charge on any atom is -0.352 e. The van der Waals surface area contributed by atoms with E-state index in [0.29, 0.717) is 25.3 Å². The third-order valence-corrected chi connectivity index (χ3v) is 4.23. The summed E-state index contributed by atoms with van der Waals surface area (Å²) < 4.78 is 40.1. The molecule has 0 aliphatic carbocycles. The van der Waals surface area contributed by atoms with Gasteiger partial charge in [-0.3, -0.25) is 4.79 Å². The van der Waals surface area contributed by atoms with Crippen molar-refractivity contribution in [3.05, 3.63) is 54.2 Å². The largest absolute Gasteiger partial charge is 0.416 e. The molecule has 8 heteroatoms. The van der Waals surface area contributed by atoms with Crippen LogP contribution in [0.5, 0.6) is 0 Å². The Balaban J connectivity index is 1.79. The minimum atomic E-state index is -4.36. The van der Waals surface area contributed by atoms with Gasteiger partial charge < -0.3 is 10.2 Å². The van der Waals surface area contributed by atoms with Crippen molar-refractivity contribution in [2.45, 2.75) is 19.6 Å². The molecule has 1 aliphatic rings. The number of amides is 1. The summed E-state index contributed by atoms with van der Waals surface area (Å²) in [5, 5.41) is 7.11. The Labute approximate surface area is 149 Å². The van der Waals surface area contributed by atoms with Crippen molar-refractivity contribution in [3.8, 4) is 0 Å². The van der Waals surface area contributed by atoms with Gasteiger partial charge in [0, 0.05) is 37.3 Å². The molecule has 0 radical (unpaired) electrons. The number of anilines is 2. The van der Waals surface area contributed by atoms with Crippen LogP contribution in [0.15, 0.2) is 48.7 Å². The number of nitrogens with one attached hydrogen (secondary N) is 1. The number of rotatable bonds is 4. The van der Waals surface area contributed by atoms with E-state index in [1.807, 2.05) is 11.0 Å². The maximum atomic E-state index is 12.8. The first-order chi connectivity index (χ1) is 12.4. The number of nitrogens with zero attached hydrogens (tertiary/aromatic N) is 3. The molecular formula is C18H19F3N4O. The summed E-state index contributed by atoms with van der Waals surface area (Å²) in [6.07, 6.45) is 0.418. The number of fused-ring (bicyclic) bond motifs is 1. The Kier molecular flexibility index (Phi) is 5.01. The predicted molar refractivity (Wildman–Crippen MR) is 92.0 cm³/mol. The molecule has 0 saturated heterocycles. The fourth-order valence-electron chi connectivity index (χ4n) is 3.00. The SMILES string of the molecule is C/C=C/C(=O)NC[C@@H]1CN(c2ccc(C(F)(F)F)cc2)c2ccnn2C1. The highest BCUT2D eigenvalue weighted by atomic mass is 19.4. The molecule has 1 aliphatic heterocycles. The van der Waals surface area contributed by atoms with Gasteiger partial charge in [-0.1, -0.05) is 6.08 Å². The molecule has 26 heavy (non-hydrogen) atoms. The maximum absolute atomic E-state index is 12.8. The van der Waals surface area contributed by atoms with E-state index in [0.717, 1.165) is 18.0 Å². The molecule has 1 aromatic heterocycles. The van der Waals surface area contributed by atoms with Crippen LogP contribution in [0.4, 0.5) is 24.7 Å². The fraction of sp³-hybridized carbons (Fsp3) is 0.333. The quantitative estimate of drug-likeness (QED) is 0.847. The Morgan fingerprint density at radius 1 is 1.27 bits per heavy atom. The van der Waals surface area contributed by atoms with E-state index in [1.54, 1.807) is 23.9 Å². The lowest BCUT2D eigenvalue weighted by Gasteiger charge is -2.35. The van der Waals surface area contributed by atoms with Crippen molar-refractivity contribution in [1.29, 1.82) is 0 Å². The zero-order chi connectivity index (χ0) is 18.7. The molecular weight excluding hydrogens is 345 g/mol. The Morgan fingerprint density at radius 3 is 2.65 bits per heavy atom. The summed E-state index contributed by atoms with van der Waals surface area (Å²) in [6.45, 7) is 3.44. The predicted octanol–water partition coefficient (Wildman–Crippen LogP) is 3.36. The second-order valence-electron chi connectivity index (χ2n) is 6.14. The highest BCUT2D eigenvalue weighted by molar-refractivity contribution is 5.87. The molecule has 2 aromatic rings. The molecule has 0 unspecified atom stereocenters. The molecule has 0 fully saturated rings. The Bertz CT molecular complexity index is 796. The van der Waals surface area contributed by atoms with Crippen molar-refractivity contribution in [2.24, 2.45) is 5.92 Å². The molecule has 138 valence electrons. The van der Waals surface area contributed by atoms with Crippen LogP contribution in [-0.2, 0) is 17.5 Å². The van der Waals surface area contributed by atoms with Gasteiger partial charge in [-0.2, -0.15) is 18.3 Å². The Hall–Kier alpha value is -2.77. The van der Waals surface area contributed by atoms with Crippen LogP contribution in [0.25, 0.3) is 0 Å². The van der Waals surface area contributed by atoms with Gasteiger partial charge >= 0.3 is 6.18 Å². The summed E-state index contributed by atoms with van der Waals surface area (Å²) in [4.78, 5) is 13.5. The molecule has 0 spiro atoms. The molecule has 1 amide bonds. The lowest BCUT2D eigenvalue weighted by Crippen LogP contribution is -2.41. The number of carbonyl (C=O) groups excluding carboxylic acids is 1. The Morgan fingerprint density at radius 2 is 2.00 bits per heavy atom. The van der Waals surface area contributed by atoms with Crippen LogP contribution in [0, 0.1) is 5.92 Å². The lowest BCUT2D eigenvalue weighted by atomic mass is 10.1. The number of allylic oxidation sites excluding steroid dienone is 1. The van der Waals surface area contributed by atoms with Crippen LogP contribution in [0.1, 0.15) is 12.5 Å². The van der Waals surface area contributed by atoms with Gasteiger partial charge in [-0.15, -0.1) is 0 Å². The van der Waals surface area contributed by atoms with Gasteiger partial charge in [-0.25, -0.2) is 4.68 Å². The van der Waals surface area contributed by atoms with E-state index in [1.165, 1.54) is 18.2 Å². The summed E-state index contributed by atoms with van der Waals surface area (Å²) in [6, 6.07) is 6.90. The van der Waals surface area contributed by atoms with Gasteiger partial charge in [0.15, 0.2) is 0 Å². The van der Waals surface area contributed by atoms with Gasteiger partial charge in [-0.05, 0) is 37.3 Å². The van der Waals surface area contributed by atoms with Crippen molar-refractivity contribution >= 4 is 17.4 Å². The van der Waals surface area contributed by atoms with Crippen LogP contribution in [0.3, 0.4) is 0 Å². The fourth-order valence-corrected chi connectivity index (χ4v) is 3.00. The summed E-state index contributed by atoms with van der Waals surface area (Å²) in [5.74, 6) is 0.736. The van der Waals surface area contributed by atoms with Crippen LogP contribution >= 0.6 is 0 Å². The minimum absolute atomic E-state index is 0.0823. The first-order valence-electron chi connectivity index (χ1n) is 8.25. The zero-order valence-corrected chi connectivity index (χ0v) is 14.2. The first-order valence-corrected chi connectivity index (χ1v) is 8.25. The number of aromatic nitrogens is 2. The van der Waals surface area contributed by atoms with Crippen molar-refractivity contribution < 1.29 is 18.0 Å². The molecule has 2 heterocycles. The van der Waals surface area contributed by atoms with Crippen molar-refractivity contribution in [3.63, 3.8) is 0 Å². The van der Waals surface area contributed by atoms with E-state index in [2.05, 4.69) is 10.4 Å². The monoisotopic (exact) mass is 364 g/mol. The second-order valence-corrected chi connectivity index (χ2v) is 6.14. The zero-order valence-electron chi connectivity index (χ0n) is 14.2. The molecule has 1 aromatic carbocycles. The summed E-state index contributed by atoms with van der Waals surface area (Å²) >= 11 is 0. The average Bonchev–Trinajstić information content (AvgIpc) is 3.07. The number of halogens is 3. The van der Waals surface area contributed by atoms with E-state index in [9.17, 15) is 18.0 Å². The molecule has 1 atom stereocenters. The molecule has 0 saturated carbocycles. The van der Waals surface area contributed by atoms with Crippen molar-refractivity contribution in [1.82, 2.24) is 15.1 Å². The number of alkyl halides is 3. The van der Waals surface area contributed by atoms with Gasteiger partial charge in [0.2, 0.25) is 5.91 Å². The highest BCUT2D eigenvalue weighted by Crippen LogP contribution is 2.34. The molecule has 1 N–H and O–H groups in total. The van der Waals surface area contributed by atoms with E-state index < -0.39 is 11.7 Å². The third kappa shape index (κ3) is 3.89. The third-order valence-electron chi connectivity index (χ3n) is 4.23. The number of hydrogen-bond acceptors (Lipinski definition) is 3. The number of hydrogen-bond donors (Lipinski definition) is 1. The van der Waals surface area contributed by atoms with E-state index >= 15 is 0 Å². The number of benzene rings is 1. The van der Waals surface area contributed by atoms with Gasteiger partial charge in [0.1, 0.15) is 5.82 Å². The maximum Gasteiger partial charge on any atom is 0.416 e. The van der Waals surface area contributed by atoms with Crippen LogP contribution in [0.2, 0.25) is 0 Å². The summed E-state index contributed by atoms with van der Waals surface area (Å²) in [5.41, 5.74) is -0.0221. The topological polar surface area (TPSA) is 50.2 Å². The molecule has 5 nitrogen and oxygen atoms in total. The normalized spacial score (nSPS) is 17.4. The van der Waals surface area contributed by atoms with Crippen LogP contribution < -0.4 is 10.2 Å². The van der Waals surface area contributed by atoms with Crippen molar-refractivity contribution in [2.75, 3.05) is 18.0 Å². The average molecular weight is 364 g/mol. The van der Waals surface area contributed by atoms with E-state index in [4.69, 9.17) is 0 Å². The van der Waals surface area contributed by atoms with Crippen LogP contribution in [-0.4, -0.2) is 28.8 Å². The standard InChI is InChI=1S/C18H19F3N4O/c1-2-3-16(26)22-10-13-11-24(17-8-9-23-25(17)12-13)15-6-4-14(5-7-15)18(19,20)21/h2-9,13H,10-12H2,1H3,(H,22,26)/b3-2+/t13-/m1/s1. The molecule has 3 rings (SSSR count). The number of carbonyl (C=O) groups is 1.